The van der Waals surface area contributed by atoms with E-state index in [1.54, 1.807) is 0 Å². The van der Waals surface area contributed by atoms with Crippen LogP contribution in [-0.4, -0.2) is 66.6 Å². The predicted molar refractivity (Wildman–Crippen MR) is 119 cm³/mol. The summed E-state index contributed by atoms with van der Waals surface area (Å²) in [7, 11) is 0. The zero-order valence-electron chi connectivity index (χ0n) is 18.4. The maximum Gasteiger partial charge on any atom is 0.225 e. The van der Waals surface area contributed by atoms with Gasteiger partial charge in [0.05, 0.1) is 19.6 Å². The number of nitrogens with zero attached hydrogens (tertiary/aromatic N) is 2. The highest BCUT2D eigenvalue weighted by molar-refractivity contribution is 6.31. The van der Waals surface area contributed by atoms with Gasteiger partial charge < -0.3 is 19.3 Å². The lowest BCUT2D eigenvalue weighted by Gasteiger charge is -2.43. The van der Waals surface area contributed by atoms with Crippen molar-refractivity contribution in [1.29, 1.82) is 0 Å². The summed E-state index contributed by atoms with van der Waals surface area (Å²) in [6, 6.07) is 5.53. The molecule has 1 atom stereocenters. The second kappa shape index (κ2) is 9.78. The Bertz CT molecular complexity index is 807. The first kappa shape index (κ1) is 22.4. The molecule has 3 fully saturated rings. The van der Waals surface area contributed by atoms with Crippen LogP contribution in [0.3, 0.4) is 0 Å². The molecule has 3 aliphatic rings. The minimum atomic E-state index is -0.834. The smallest absolute Gasteiger partial charge is 0.225 e. The maximum atomic E-state index is 13.1. The second-order valence-electron chi connectivity index (χ2n) is 9.31. The second-order valence-corrected chi connectivity index (χ2v) is 9.72. The zero-order chi connectivity index (χ0) is 21.8. The zero-order valence-corrected chi connectivity index (χ0v) is 19.2. The van der Waals surface area contributed by atoms with E-state index in [9.17, 15) is 9.59 Å². The molecule has 2 heterocycles. The van der Waals surface area contributed by atoms with E-state index in [-0.39, 0.29) is 24.8 Å². The van der Waals surface area contributed by atoms with Gasteiger partial charge in [-0.25, -0.2) is 0 Å². The number of likely N-dealkylation sites (tertiary alicyclic amines) is 1. The Kier molecular flexibility index (Phi) is 7.07. The van der Waals surface area contributed by atoms with Crippen LogP contribution in [0.1, 0.15) is 50.5 Å². The van der Waals surface area contributed by atoms with Crippen LogP contribution in [0.25, 0.3) is 0 Å². The van der Waals surface area contributed by atoms with Crippen molar-refractivity contribution in [3.8, 4) is 5.75 Å². The number of hydrogen-bond acceptors (Lipinski definition) is 4. The molecule has 0 bridgehead atoms. The van der Waals surface area contributed by atoms with E-state index in [2.05, 4.69) is 0 Å². The van der Waals surface area contributed by atoms with Crippen LogP contribution in [0.15, 0.2) is 18.2 Å². The number of carbonyl (C=O) groups is 2. The number of benzene rings is 1. The number of amides is 2. The minimum Gasteiger partial charge on any atom is -0.490 e. The lowest BCUT2D eigenvalue weighted by atomic mass is 9.95. The normalized spacial score (nSPS) is 24.2. The van der Waals surface area contributed by atoms with Gasteiger partial charge in [0.15, 0.2) is 0 Å². The van der Waals surface area contributed by atoms with Crippen molar-refractivity contribution in [1.82, 2.24) is 9.80 Å². The fourth-order valence-electron chi connectivity index (χ4n) is 4.45. The van der Waals surface area contributed by atoms with Crippen LogP contribution in [0, 0.1) is 12.8 Å². The third-order valence-electron chi connectivity index (χ3n) is 6.57. The number of piperidine rings is 1. The largest absolute Gasteiger partial charge is 0.490 e. The van der Waals surface area contributed by atoms with E-state index in [1.165, 1.54) is 6.42 Å². The van der Waals surface area contributed by atoms with Crippen molar-refractivity contribution in [3.05, 3.63) is 28.8 Å². The molecule has 7 heteroatoms. The summed E-state index contributed by atoms with van der Waals surface area (Å²) in [4.78, 5) is 29.7. The number of rotatable bonds is 7. The highest BCUT2D eigenvalue weighted by Gasteiger charge is 2.43. The molecule has 6 nitrogen and oxygen atoms in total. The molecule has 170 valence electrons. The quantitative estimate of drug-likeness (QED) is 0.636. The Morgan fingerprint density at radius 2 is 1.90 bits per heavy atom. The van der Waals surface area contributed by atoms with Crippen molar-refractivity contribution >= 4 is 23.4 Å². The van der Waals surface area contributed by atoms with Gasteiger partial charge in [0, 0.05) is 31.1 Å². The molecule has 2 saturated heterocycles. The van der Waals surface area contributed by atoms with E-state index in [0.717, 1.165) is 44.3 Å². The standard InChI is InChI=1S/C24H33ClN2O4/c1-18-13-20(7-8-21(18)25)30-17-24(15-23(29)26-9-3-2-4-10-26)16-27(11-12-31-24)22(28)14-19-5-6-19/h7-8,13,19H,2-6,9-12,14-17H2,1H3. The molecule has 1 aliphatic carbocycles. The Labute approximate surface area is 189 Å². The first-order chi connectivity index (χ1) is 14.9. The first-order valence-corrected chi connectivity index (χ1v) is 11.9. The molecule has 1 unspecified atom stereocenters. The average Bonchev–Trinajstić information content (AvgIpc) is 3.59. The Balaban J connectivity index is 1.47. The predicted octanol–water partition coefficient (Wildman–Crippen LogP) is 3.83. The summed E-state index contributed by atoms with van der Waals surface area (Å²) in [5, 5.41) is 0.688. The summed E-state index contributed by atoms with van der Waals surface area (Å²) in [6.45, 7) is 5.15. The molecule has 1 aromatic carbocycles. The molecule has 2 amide bonds. The molecule has 4 rings (SSSR count). The fraction of sp³-hybridized carbons (Fsp3) is 0.667. The first-order valence-electron chi connectivity index (χ1n) is 11.5. The van der Waals surface area contributed by atoms with Crippen molar-refractivity contribution in [2.24, 2.45) is 5.92 Å². The third kappa shape index (κ3) is 5.92. The minimum absolute atomic E-state index is 0.0899. The molecule has 0 aromatic heterocycles. The maximum absolute atomic E-state index is 13.1. The fourth-order valence-corrected chi connectivity index (χ4v) is 4.57. The van der Waals surface area contributed by atoms with Crippen LogP contribution in [0.4, 0.5) is 0 Å². The van der Waals surface area contributed by atoms with E-state index >= 15 is 0 Å². The van der Waals surface area contributed by atoms with Crippen LogP contribution in [-0.2, 0) is 14.3 Å². The van der Waals surface area contributed by atoms with Gasteiger partial charge in [-0.15, -0.1) is 0 Å². The van der Waals surface area contributed by atoms with Crippen molar-refractivity contribution in [2.45, 2.75) is 57.5 Å². The van der Waals surface area contributed by atoms with Crippen molar-refractivity contribution in [3.63, 3.8) is 0 Å². The summed E-state index contributed by atoms with van der Waals surface area (Å²) < 4.78 is 12.3. The monoisotopic (exact) mass is 448 g/mol. The van der Waals surface area contributed by atoms with E-state index in [1.807, 2.05) is 34.9 Å². The molecule has 0 N–H and O–H groups in total. The lowest BCUT2D eigenvalue weighted by molar-refractivity contribution is -0.166. The van der Waals surface area contributed by atoms with Gasteiger partial charge in [-0.1, -0.05) is 11.6 Å². The van der Waals surface area contributed by atoms with Gasteiger partial charge in [0.2, 0.25) is 11.8 Å². The summed E-state index contributed by atoms with van der Waals surface area (Å²) in [5.41, 5.74) is 0.0999. The Morgan fingerprint density at radius 3 is 2.61 bits per heavy atom. The van der Waals surface area contributed by atoms with Crippen LogP contribution < -0.4 is 4.74 Å². The summed E-state index contributed by atoms with van der Waals surface area (Å²) in [6.07, 6.45) is 6.40. The molecular weight excluding hydrogens is 416 g/mol. The van der Waals surface area contributed by atoms with Crippen molar-refractivity contribution in [2.75, 3.05) is 39.4 Å². The van der Waals surface area contributed by atoms with Crippen LogP contribution >= 0.6 is 11.6 Å². The van der Waals surface area contributed by atoms with Crippen molar-refractivity contribution < 1.29 is 19.1 Å². The molecule has 2 aliphatic heterocycles. The Morgan fingerprint density at radius 1 is 1.13 bits per heavy atom. The highest BCUT2D eigenvalue weighted by atomic mass is 35.5. The molecule has 0 spiro atoms. The number of morpholine rings is 1. The number of halogens is 1. The number of hydrogen-bond donors (Lipinski definition) is 0. The SMILES string of the molecule is Cc1cc(OCC2(CC(=O)N3CCCCC3)CN(C(=O)CC3CC3)CCO2)ccc1Cl. The van der Waals surface area contributed by atoms with E-state index in [0.29, 0.717) is 42.8 Å². The molecule has 1 saturated carbocycles. The Hall–Kier alpha value is -1.79. The van der Waals surface area contributed by atoms with Crippen LogP contribution in [0.2, 0.25) is 5.02 Å². The highest BCUT2D eigenvalue weighted by Crippen LogP contribution is 2.34. The number of aryl methyl sites for hydroxylation is 1. The van der Waals surface area contributed by atoms with Gasteiger partial charge in [0.1, 0.15) is 18.0 Å². The summed E-state index contributed by atoms with van der Waals surface area (Å²) in [5.74, 6) is 1.49. The van der Waals surface area contributed by atoms with Crippen LogP contribution in [0.5, 0.6) is 5.75 Å². The summed E-state index contributed by atoms with van der Waals surface area (Å²) >= 11 is 6.14. The lowest BCUT2D eigenvalue weighted by Crippen LogP contribution is -2.58. The van der Waals surface area contributed by atoms with Gasteiger partial charge in [0.25, 0.3) is 0 Å². The topological polar surface area (TPSA) is 59.1 Å². The van der Waals surface area contributed by atoms with Gasteiger partial charge in [-0.05, 0) is 68.7 Å². The number of carbonyl (C=O) groups excluding carboxylic acids is 2. The van der Waals surface area contributed by atoms with Gasteiger partial charge >= 0.3 is 0 Å². The average molecular weight is 449 g/mol. The van der Waals surface area contributed by atoms with E-state index in [4.69, 9.17) is 21.1 Å². The van der Waals surface area contributed by atoms with Gasteiger partial charge in [-0.3, -0.25) is 9.59 Å². The van der Waals surface area contributed by atoms with Gasteiger partial charge in [-0.2, -0.15) is 0 Å². The number of ether oxygens (including phenoxy) is 2. The van der Waals surface area contributed by atoms with E-state index < -0.39 is 5.60 Å². The molecule has 0 radical (unpaired) electrons. The molecule has 31 heavy (non-hydrogen) atoms. The third-order valence-corrected chi connectivity index (χ3v) is 7.00. The molecular formula is C24H33ClN2O4. The molecule has 1 aromatic rings.